The topological polar surface area (TPSA) is 105 Å². The Morgan fingerprint density at radius 2 is 1.90 bits per heavy atom. The molecule has 0 fully saturated rings. The number of aliphatic hydroxyl groups excluding tert-OH is 1. The van der Waals surface area contributed by atoms with Crippen LogP contribution < -0.4 is 10.1 Å². The first-order valence-corrected chi connectivity index (χ1v) is 6.23. The Hall–Kier alpha value is -2.28. The molecule has 1 amide bonds. The number of nitrogens with one attached hydrogen (secondary N) is 1. The van der Waals surface area contributed by atoms with Crippen molar-refractivity contribution in [3.8, 4) is 5.75 Å². The van der Waals surface area contributed by atoms with Gasteiger partial charge in [-0.25, -0.2) is 9.59 Å². The zero-order valence-corrected chi connectivity index (χ0v) is 12.3. The van der Waals surface area contributed by atoms with Crippen LogP contribution in [-0.2, 0) is 9.53 Å². The number of carboxylic acids is 1. The highest BCUT2D eigenvalue weighted by atomic mass is 16.6. The maximum Gasteiger partial charge on any atom is 0.412 e. The minimum atomic E-state index is -1.66. The summed E-state index contributed by atoms with van der Waals surface area (Å²) in [5.41, 5.74) is -0.182. The van der Waals surface area contributed by atoms with Crippen LogP contribution in [0, 0.1) is 0 Å². The number of anilines is 1. The van der Waals surface area contributed by atoms with E-state index >= 15 is 0 Å². The second-order valence-corrected chi connectivity index (χ2v) is 5.33. The van der Waals surface area contributed by atoms with Crippen LogP contribution in [0.3, 0.4) is 0 Å². The van der Waals surface area contributed by atoms with Gasteiger partial charge in [-0.3, -0.25) is 5.32 Å². The van der Waals surface area contributed by atoms with Crippen molar-refractivity contribution in [1.82, 2.24) is 0 Å². The van der Waals surface area contributed by atoms with Crippen molar-refractivity contribution in [2.45, 2.75) is 32.5 Å². The molecule has 0 saturated heterocycles. The summed E-state index contributed by atoms with van der Waals surface area (Å²) >= 11 is 0. The highest BCUT2D eigenvalue weighted by Gasteiger charge is 2.20. The molecule has 3 N–H and O–H groups in total. The van der Waals surface area contributed by atoms with E-state index < -0.39 is 23.8 Å². The summed E-state index contributed by atoms with van der Waals surface area (Å²) in [4.78, 5) is 22.4. The predicted octanol–water partition coefficient (Wildman–Crippen LogP) is 2.16. The summed E-state index contributed by atoms with van der Waals surface area (Å²) in [5, 5.41) is 20.7. The van der Waals surface area contributed by atoms with E-state index in [2.05, 4.69) is 5.32 Å². The van der Waals surface area contributed by atoms with Crippen LogP contribution in [0.25, 0.3) is 0 Å². The third kappa shape index (κ3) is 4.96. The Kier molecular flexibility index (Phi) is 5.15. The SMILES string of the molecule is COc1cc(C(O)C(=O)O)ccc1NC(=O)OC(C)(C)C. The molecule has 1 aromatic carbocycles. The quantitative estimate of drug-likeness (QED) is 0.786. The summed E-state index contributed by atoms with van der Waals surface area (Å²) in [6.45, 7) is 5.20. The first kappa shape index (κ1) is 16.8. The van der Waals surface area contributed by atoms with Crippen molar-refractivity contribution in [1.29, 1.82) is 0 Å². The average molecular weight is 297 g/mol. The van der Waals surface area contributed by atoms with Crippen LogP contribution in [0.15, 0.2) is 18.2 Å². The van der Waals surface area contributed by atoms with Crippen molar-refractivity contribution in [2.75, 3.05) is 12.4 Å². The zero-order valence-electron chi connectivity index (χ0n) is 12.3. The van der Waals surface area contributed by atoms with Gasteiger partial charge in [0.1, 0.15) is 11.4 Å². The van der Waals surface area contributed by atoms with Gasteiger partial charge in [0.25, 0.3) is 0 Å². The highest BCUT2D eigenvalue weighted by Crippen LogP contribution is 2.28. The normalized spacial score (nSPS) is 12.4. The number of carbonyl (C=O) groups excluding carboxylic acids is 1. The Morgan fingerprint density at radius 3 is 2.38 bits per heavy atom. The van der Waals surface area contributed by atoms with Crippen LogP contribution in [0.4, 0.5) is 10.5 Å². The van der Waals surface area contributed by atoms with Crippen LogP contribution in [0.5, 0.6) is 5.75 Å². The number of rotatable bonds is 4. The molecule has 1 aromatic rings. The van der Waals surface area contributed by atoms with Crippen LogP contribution >= 0.6 is 0 Å². The number of amides is 1. The van der Waals surface area contributed by atoms with Crippen LogP contribution in [0.1, 0.15) is 32.4 Å². The smallest absolute Gasteiger partial charge is 0.412 e. The Labute approximate surface area is 122 Å². The summed E-state index contributed by atoms with van der Waals surface area (Å²) < 4.78 is 10.2. The molecule has 0 spiro atoms. The van der Waals surface area contributed by atoms with E-state index in [-0.39, 0.29) is 11.3 Å². The lowest BCUT2D eigenvalue weighted by atomic mass is 10.1. The van der Waals surface area contributed by atoms with Crippen molar-refractivity contribution < 1.29 is 29.3 Å². The van der Waals surface area contributed by atoms with Gasteiger partial charge in [-0.1, -0.05) is 6.07 Å². The van der Waals surface area contributed by atoms with E-state index in [4.69, 9.17) is 14.6 Å². The van der Waals surface area contributed by atoms with Crippen LogP contribution in [0.2, 0.25) is 0 Å². The minimum absolute atomic E-state index is 0.147. The minimum Gasteiger partial charge on any atom is -0.495 e. The van der Waals surface area contributed by atoms with E-state index in [9.17, 15) is 14.7 Å². The lowest BCUT2D eigenvalue weighted by Gasteiger charge is -2.20. The lowest BCUT2D eigenvalue weighted by Crippen LogP contribution is -2.27. The van der Waals surface area contributed by atoms with Crippen molar-refractivity contribution in [3.63, 3.8) is 0 Å². The van der Waals surface area contributed by atoms with Crippen molar-refractivity contribution in [2.24, 2.45) is 0 Å². The number of hydrogen-bond donors (Lipinski definition) is 3. The molecular formula is C14H19NO6. The number of aliphatic hydroxyl groups is 1. The second-order valence-electron chi connectivity index (χ2n) is 5.33. The molecule has 0 aliphatic rings. The lowest BCUT2D eigenvalue weighted by molar-refractivity contribution is -0.146. The molecule has 0 radical (unpaired) electrons. The predicted molar refractivity (Wildman–Crippen MR) is 75.4 cm³/mol. The molecule has 7 nitrogen and oxygen atoms in total. The molecule has 0 heterocycles. The number of methoxy groups -OCH3 is 1. The zero-order chi connectivity index (χ0) is 16.2. The van der Waals surface area contributed by atoms with Gasteiger partial charge in [0.05, 0.1) is 12.8 Å². The largest absolute Gasteiger partial charge is 0.495 e. The van der Waals surface area contributed by atoms with E-state index in [0.717, 1.165) is 0 Å². The number of benzene rings is 1. The number of ether oxygens (including phenoxy) is 2. The Bertz CT molecular complexity index is 535. The fraction of sp³-hybridized carbons (Fsp3) is 0.429. The molecule has 116 valence electrons. The molecule has 0 bridgehead atoms. The van der Waals surface area contributed by atoms with E-state index in [1.807, 2.05) is 0 Å². The Balaban J connectivity index is 2.94. The monoisotopic (exact) mass is 297 g/mol. The number of hydrogen-bond acceptors (Lipinski definition) is 5. The molecule has 21 heavy (non-hydrogen) atoms. The highest BCUT2D eigenvalue weighted by molar-refractivity contribution is 5.87. The van der Waals surface area contributed by atoms with Gasteiger partial charge in [-0.05, 0) is 38.5 Å². The van der Waals surface area contributed by atoms with Gasteiger partial charge >= 0.3 is 12.1 Å². The van der Waals surface area contributed by atoms with Gasteiger partial charge in [0, 0.05) is 0 Å². The van der Waals surface area contributed by atoms with E-state index in [0.29, 0.717) is 5.69 Å². The molecule has 0 aliphatic carbocycles. The van der Waals surface area contributed by atoms with Crippen molar-refractivity contribution >= 4 is 17.7 Å². The summed E-state index contributed by atoms with van der Waals surface area (Å²) in [5.74, 6) is -1.15. The molecule has 0 aromatic heterocycles. The average Bonchev–Trinajstić information content (AvgIpc) is 2.35. The Morgan fingerprint density at radius 1 is 1.29 bits per heavy atom. The molecule has 1 atom stereocenters. The third-order valence-corrected chi connectivity index (χ3v) is 2.41. The van der Waals surface area contributed by atoms with Gasteiger partial charge in [0.15, 0.2) is 6.10 Å². The molecule has 7 heteroatoms. The van der Waals surface area contributed by atoms with Gasteiger partial charge in [-0.15, -0.1) is 0 Å². The summed E-state index contributed by atoms with van der Waals surface area (Å²) in [6.07, 6.45) is -2.32. The van der Waals surface area contributed by atoms with E-state index in [1.165, 1.54) is 25.3 Å². The molecule has 1 unspecified atom stereocenters. The first-order valence-electron chi connectivity index (χ1n) is 6.23. The molecule has 0 aliphatic heterocycles. The molecule has 1 rings (SSSR count). The summed E-state index contributed by atoms with van der Waals surface area (Å²) in [6, 6.07) is 4.16. The number of aliphatic carboxylic acids is 1. The fourth-order valence-corrected chi connectivity index (χ4v) is 1.54. The number of carboxylic acid groups (broad SMARTS) is 1. The fourth-order valence-electron chi connectivity index (χ4n) is 1.54. The van der Waals surface area contributed by atoms with Crippen molar-refractivity contribution in [3.05, 3.63) is 23.8 Å². The van der Waals surface area contributed by atoms with Crippen LogP contribution in [-0.4, -0.2) is 35.0 Å². The summed E-state index contributed by atoms with van der Waals surface area (Å²) in [7, 11) is 1.37. The molecule has 0 saturated carbocycles. The first-order chi connectivity index (χ1) is 9.64. The van der Waals surface area contributed by atoms with Gasteiger partial charge in [0.2, 0.25) is 0 Å². The van der Waals surface area contributed by atoms with Gasteiger partial charge < -0.3 is 19.7 Å². The maximum atomic E-state index is 11.7. The van der Waals surface area contributed by atoms with Gasteiger partial charge in [-0.2, -0.15) is 0 Å². The second kappa shape index (κ2) is 6.45. The maximum absolute atomic E-state index is 11.7. The third-order valence-electron chi connectivity index (χ3n) is 2.41. The standard InChI is InChI=1S/C14H19NO6/c1-14(2,3)21-13(19)15-9-6-5-8(7-10(9)20-4)11(16)12(17)18/h5-7,11,16H,1-4H3,(H,15,19)(H,17,18). The molecular weight excluding hydrogens is 278 g/mol. The number of carbonyl (C=O) groups is 2. The van der Waals surface area contributed by atoms with E-state index in [1.54, 1.807) is 20.8 Å².